The molecule has 0 bridgehead atoms. The largest absolute Gasteiger partial charge is 0.379 e. The van der Waals surface area contributed by atoms with E-state index in [9.17, 15) is 0 Å². The number of thiophene rings is 1. The maximum atomic E-state index is 5.54. The van der Waals surface area contributed by atoms with Gasteiger partial charge in [-0.2, -0.15) is 0 Å². The molecule has 1 rings (SSSR count). The summed E-state index contributed by atoms with van der Waals surface area (Å²) in [5.74, 6) is 0.890. The van der Waals surface area contributed by atoms with E-state index in [4.69, 9.17) is 5.73 Å². The van der Waals surface area contributed by atoms with Crippen LogP contribution in [0.1, 0.15) is 4.88 Å². The standard InChI is InChI=1S/C7H9BrN2S2.ClH/c1-10-7(9)12-4-6-5(8)2-3-11-6;/h2-3H,4H2,1H3,(H2,9,10);1H. The number of thioether (sulfide) groups is 1. The molecule has 6 heteroatoms. The first-order valence-corrected chi connectivity index (χ1v) is 5.96. The minimum atomic E-state index is 0. The Balaban J connectivity index is 0.00000144. The fourth-order valence-corrected chi connectivity index (χ4v) is 3.11. The maximum absolute atomic E-state index is 5.54. The number of nitrogens with zero attached hydrogens (tertiary/aromatic N) is 1. The van der Waals surface area contributed by atoms with E-state index in [1.165, 1.54) is 4.88 Å². The Morgan fingerprint density at radius 1 is 1.77 bits per heavy atom. The zero-order valence-electron chi connectivity index (χ0n) is 6.99. The molecule has 1 aromatic heterocycles. The molecule has 0 atom stereocenters. The number of hydrogen-bond acceptors (Lipinski definition) is 3. The van der Waals surface area contributed by atoms with Gasteiger partial charge in [-0.25, -0.2) is 0 Å². The van der Waals surface area contributed by atoms with Crippen LogP contribution in [0.5, 0.6) is 0 Å². The van der Waals surface area contributed by atoms with Crippen molar-refractivity contribution in [3.63, 3.8) is 0 Å². The van der Waals surface area contributed by atoms with Crippen LogP contribution in [-0.4, -0.2) is 12.2 Å². The molecule has 0 amide bonds. The average Bonchev–Trinajstić information content (AvgIpc) is 2.47. The number of amidine groups is 1. The Kier molecular flexibility index (Phi) is 6.85. The molecule has 0 saturated heterocycles. The summed E-state index contributed by atoms with van der Waals surface area (Å²) < 4.78 is 1.16. The third-order valence-electron chi connectivity index (χ3n) is 1.26. The van der Waals surface area contributed by atoms with Gasteiger partial charge in [-0.15, -0.1) is 23.7 Å². The fourth-order valence-electron chi connectivity index (χ4n) is 0.632. The van der Waals surface area contributed by atoms with Crippen LogP contribution >= 0.6 is 51.4 Å². The van der Waals surface area contributed by atoms with E-state index in [-0.39, 0.29) is 12.4 Å². The molecule has 0 spiro atoms. The van der Waals surface area contributed by atoms with Gasteiger partial charge in [-0.05, 0) is 27.4 Å². The second-order valence-corrected chi connectivity index (χ2v) is 4.89. The molecule has 1 heterocycles. The first-order valence-electron chi connectivity index (χ1n) is 3.31. The van der Waals surface area contributed by atoms with Crippen LogP contribution in [0.3, 0.4) is 0 Å². The van der Waals surface area contributed by atoms with Gasteiger partial charge in [0.25, 0.3) is 0 Å². The van der Waals surface area contributed by atoms with Crippen LogP contribution in [0.2, 0.25) is 0 Å². The minimum absolute atomic E-state index is 0. The quantitative estimate of drug-likeness (QED) is 0.673. The van der Waals surface area contributed by atoms with Gasteiger partial charge in [0.15, 0.2) is 5.17 Å². The van der Waals surface area contributed by atoms with E-state index < -0.39 is 0 Å². The molecule has 0 aliphatic rings. The summed E-state index contributed by atoms with van der Waals surface area (Å²) in [7, 11) is 1.70. The number of aliphatic imine (C=N–C) groups is 1. The molecule has 0 aromatic carbocycles. The van der Waals surface area contributed by atoms with Crippen molar-refractivity contribution in [1.82, 2.24) is 0 Å². The lowest BCUT2D eigenvalue weighted by atomic mass is 10.5. The van der Waals surface area contributed by atoms with Crippen molar-refractivity contribution in [3.05, 3.63) is 20.8 Å². The Morgan fingerprint density at radius 3 is 2.92 bits per heavy atom. The number of rotatable bonds is 2. The molecule has 2 nitrogen and oxygen atoms in total. The van der Waals surface area contributed by atoms with E-state index >= 15 is 0 Å². The van der Waals surface area contributed by atoms with E-state index in [1.54, 1.807) is 30.1 Å². The normalized spacial score (nSPS) is 11.1. The molecule has 0 aliphatic heterocycles. The van der Waals surface area contributed by atoms with Crippen molar-refractivity contribution in [2.75, 3.05) is 7.05 Å². The van der Waals surface area contributed by atoms with Crippen LogP contribution in [0.15, 0.2) is 20.9 Å². The zero-order valence-corrected chi connectivity index (χ0v) is 11.0. The van der Waals surface area contributed by atoms with Gasteiger partial charge in [-0.3, -0.25) is 4.99 Å². The SMILES string of the molecule is CN=C(N)SCc1sccc1Br.Cl. The molecule has 0 aliphatic carbocycles. The van der Waals surface area contributed by atoms with Gasteiger partial charge in [0.05, 0.1) is 0 Å². The molecule has 0 saturated carbocycles. The molecule has 2 N–H and O–H groups in total. The number of nitrogens with two attached hydrogens (primary N) is 1. The molecule has 13 heavy (non-hydrogen) atoms. The highest BCUT2D eigenvalue weighted by Crippen LogP contribution is 2.26. The lowest BCUT2D eigenvalue weighted by molar-refractivity contribution is 1.43. The molecule has 1 aromatic rings. The summed E-state index contributed by atoms with van der Waals surface area (Å²) in [6, 6.07) is 2.04. The highest BCUT2D eigenvalue weighted by molar-refractivity contribution is 9.10. The maximum Gasteiger partial charge on any atom is 0.153 e. The van der Waals surface area contributed by atoms with Crippen LogP contribution in [0, 0.1) is 0 Å². The predicted molar refractivity (Wildman–Crippen MR) is 68.1 cm³/mol. The summed E-state index contributed by atoms with van der Waals surface area (Å²) in [4.78, 5) is 5.16. The van der Waals surface area contributed by atoms with Crippen molar-refractivity contribution < 1.29 is 0 Å². The first kappa shape index (κ1) is 13.3. The second kappa shape index (κ2) is 6.70. The van der Waals surface area contributed by atoms with Gasteiger partial charge in [-0.1, -0.05) is 11.8 Å². The molecule has 0 fully saturated rings. The topological polar surface area (TPSA) is 38.4 Å². The summed E-state index contributed by atoms with van der Waals surface area (Å²) >= 11 is 6.73. The van der Waals surface area contributed by atoms with Gasteiger partial charge in [0.1, 0.15) is 0 Å². The highest BCUT2D eigenvalue weighted by Gasteiger charge is 2.01. The monoisotopic (exact) mass is 300 g/mol. The Morgan fingerprint density at radius 2 is 2.46 bits per heavy atom. The highest BCUT2D eigenvalue weighted by atomic mass is 79.9. The van der Waals surface area contributed by atoms with Crippen molar-refractivity contribution in [2.24, 2.45) is 10.7 Å². The van der Waals surface area contributed by atoms with E-state index in [0.717, 1.165) is 10.2 Å². The van der Waals surface area contributed by atoms with Gasteiger partial charge in [0, 0.05) is 22.2 Å². The molecule has 74 valence electrons. The Bertz CT molecular complexity index is 288. The summed E-state index contributed by atoms with van der Waals surface area (Å²) in [5.41, 5.74) is 5.54. The van der Waals surface area contributed by atoms with Crippen LogP contribution < -0.4 is 5.73 Å². The zero-order chi connectivity index (χ0) is 8.97. The fraction of sp³-hybridized carbons (Fsp3) is 0.286. The molecular formula is C7H10BrClN2S2. The van der Waals surface area contributed by atoms with E-state index in [2.05, 4.69) is 26.3 Å². The van der Waals surface area contributed by atoms with Crippen molar-refractivity contribution in [1.29, 1.82) is 0 Å². The molecule has 0 radical (unpaired) electrons. The summed E-state index contributed by atoms with van der Waals surface area (Å²) in [5, 5.41) is 2.69. The molecule has 0 unspecified atom stereocenters. The van der Waals surface area contributed by atoms with Crippen LogP contribution in [0.4, 0.5) is 0 Å². The minimum Gasteiger partial charge on any atom is -0.379 e. The van der Waals surface area contributed by atoms with Crippen LogP contribution in [0.25, 0.3) is 0 Å². The smallest absolute Gasteiger partial charge is 0.153 e. The summed E-state index contributed by atoms with van der Waals surface area (Å²) in [6.45, 7) is 0. The number of hydrogen-bond donors (Lipinski definition) is 1. The Labute approximate surface area is 101 Å². The van der Waals surface area contributed by atoms with Gasteiger partial charge < -0.3 is 5.73 Å². The van der Waals surface area contributed by atoms with Crippen LogP contribution in [-0.2, 0) is 5.75 Å². The van der Waals surface area contributed by atoms with Gasteiger partial charge in [0.2, 0.25) is 0 Å². The lowest BCUT2D eigenvalue weighted by Gasteiger charge is -1.97. The van der Waals surface area contributed by atoms with Crippen molar-refractivity contribution in [2.45, 2.75) is 5.75 Å². The van der Waals surface area contributed by atoms with E-state index in [0.29, 0.717) is 5.17 Å². The van der Waals surface area contributed by atoms with Crippen molar-refractivity contribution >= 4 is 56.6 Å². The third-order valence-corrected chi connectivity index (χ3v) is 4.28. The predicted octanol–water partition coefficient (Wildman–Crippen LogP) is 3.11. The third kappa shape index (κ3) is 4.35. The second-order valence-electron chi connectivity index (χ2n) is 2.04. The van der Waals surface area contributed by atoms with Crippen molar-refractivity contribution in [3.8, 4) is 0 Å². The summed E-state index contributed by atoms with van der Waals surface area (Å²) in [6.07, 6.45) is 0. The Hall–Kier alpha value is 0.290. The number of halogens is 2. The average molecular weight is 302 g/mol. The van der Waals surface area contributed by atoms with Gasteiger partial charge >= 0.3 is 0 Å². The first-order chi connectivity index (χ1) is 5.74. The molecular weight excluding hydrogens is 292 g/mol. The van der Waals surface area contributed by atoms with E-state index in [1.807, 2.05) is 6.07 Å². The lowest BCUT2D eigenvalue weighted by Crippen LogP contribution is -2.05.